The maximum atomic E-state index is 12.2. The van der Waals surface area contributed by atoms with Crippen molar-refractivity contribution in [3.63, 3.8) is 0 Å². The van der Waals surface area contributed by atoms with Crippen LogP contribution in [0.15, 0.2) is 22.6 Å². The Kier molecular flexibility index (Phi) is 4.92. The smallest absolute Gasteiger partial charge is 0.326 e. The molecule has 0 aliphatic rings. The molecule has 1 amide bonds. The van der Waals surface area contributed by atoms with Gasteiger partial charge >= 0.3 is 5.97 Å². The van der Waals surface area contributed by atoms with E-state index in [0.29, 0.717) is 16.6 Å². The van der Waals surface area contributed by atoms with Crippen molar-refractivity contribution in [3.05, 3.63) is 28.1 Å². The van der Waals surface area contributed by atoms with Gasteiger partial charge in [-0.2, -0.15) is 0 Å². The lowest BCUT2D eigenvalue weighted by Gasteiger charge is -2.16. The zero-order chi connectivity index (χ0) is 16.3. The molecule has 2 heterocycles. The highest BCUT2D eigenvalue weighted by Gasteiger charge is 2.21. The normalized spacial score (nSPS) is 12.5. The number of carboxylic acid groups (broad SMARTS) is 1. The first kappa shape index (κ1) is 16.2. The molecule has 0 saturated carbocycles. The topological polar surface area (TPSA) is 101 Å². The lowest BCUT2D eigenvalue weighted by molar-refractivity contribution is -0.142. The van der Waals surface area contributed by atoms with Crippen molar-refractivity contribution in [2.75, 3.05) is 0 Å². The number of hydrogen-bond donors (Lipinski definition) is 2. The summed E-state index contributed by atoms with van der Waals surface area (Å²) in [5, 5.41) is 13.8. The Morgan fingerprint density at radius 1 is 1.45 bits per heavy atom. The molecule has 1 atom stereocenters. The largest absolute Gasteiger partial charge is 0.480 e. The number of aliphatic carboxylic acids is 1. The molecule has 0 aliphatic heterocycles. The summed E-state index contributed by atoms with van der Waals surface area (Å²) >= 11 is 1.35. The third kappa shape index (κ3) is 3.70. The monoisotopic (exact) mass is 323 g/mol. The molecule has 2 N–H and O–H groups in total. The fourth-order valence-corrected chi connectivity index (χ4v) is 2.82. The van der Waals surface area contributed by atoms with E-state index in [-0.39, 0.29) is 18.0 Å². The number of rotatable bonds is 6. The average Bonchev–Trinajstić information content (AvgIpc) is 2.90. The van der Waals surface area contributed by atoms with Crippen molar-refractivity contribution in [3.8, 4) is 0 Å². The second-order valence-electron chi connectivity index (χ2n) is 5.40. The van der Waals surface area contributed by atoms with Gasteiger partial charge in [0.1, 0.15) is 17.4 Å². The van der Waals surface area contributed by atoms with Gasteiger partial charge in [-0.05, 0) is 23.8 Å². The van der Waals surface area contributed by atoms with Crippen LogP contribution in [0, 0.1) is 5.92 Å². The zero-order valence-electron chi connectivity index (χ0n) is 12.3. The predicted molar refractivity (Wildman–Crippen MR) is 82.9 cm³/mol. The Balaban J connectivity index is 2.11. The number of carbonyl (C=O) groups excluding carboxylic acids is 1. The Hall–Kier alpha value is -2.22. The fourth-order valence-electron chi connectivity index (χ4n) is 2.09. The number of nitrogens with zero attached hydrogens (tertiary/aromatic N) is 2. The molecule has 0 aliphatic carbocycles. The Morgan fingerprint density at radius 2 is 2.18 bits per heavy atom. The molecule has 0 radical (unpaired) electrons. The predicted octanol–water partition coefficient (Wildman–Crippen LogP) is 1.07. The number of carboxylic acids is 1. The summed E-state index contributed by atoms with van der Waals surface area (Å²) < 4.78 is 1.18. The lowest BCUT2D eigenvalue weighted by atomic mass is 10.0. The second-order valence-corrected chi connectivity index (χ2v) is 6.30. The number of thiophene rings is 1. The van der Waals surface area contributed by atoms with Crippen LogP contribution in [0.4, 0.5) is 0 Å². The van der Waals surface area contributed by atoms with Crippen LogP contribution in [-0.2, 0) is 16.1 Å². The van der Waals surface area contributed by atoms with Crippen molar-refractivity contribution in [1.82, 2.24) is 14.9 Å². The van der Waals surface area contributed by atoms with Gasteiger partial charge in [0.05, 0.1) is 11.7 Å². The van der Waals surface area contributed by atoms with Crippen molar-refractivity contribution in [2.45, 2.75) is 32.9 Å². The Bertz CT molecular complexity index is 750. The van der Waals surface area contributed by atoms with Gasteiger partial charge in [0.25, 0.3) is 5.56 Å². The summed E-state index contributed by atoms with van der Waals surface area (Å²) in [6, 6.07) is 0.698. The first-order chi connectivity index (χ1) is 10.4. The first-order valence-corrected chi connectivity index (χ1v) is 7.71. The van der Waals surface area contributed by atoms with Crippen LogP contribution in [0.2, 0.25) is 0 Å². The zero-order valence-corrected chi connectivity index (χ0v) is 13.1. The summed E-state index contributed by atoms with van der Waals surface area (Å²) in [5.74, 6) is -1.47. The van der Waals surface area contributed by atoms with Gasteiger partial charge in [0.2, 0.25) is 5.91 Å². The first-order valence-electron chi connectivity index (χ1n) is 6.83. The molecule has 8 heteroatoms. The molecule has 2 rings (SSSR count). The highest BCUT2D eigenvalue weighted by molar-refractivity contribution is 7.16. The van der Waals surface area contributed by atoms with Crippen molar-refractivity contribution < 1.29 is 14.7 Å². The van der Waals surface area contributed by atoms with Crippen LogP contribution >= 0.6 is 11.3 Å². The number of aromatic nitrogens is 2. The summed E-state index contributed by atoms with van der Waals surface area (Å²) in [6.45, 7) is 3.50. The van der Waals surface area contributed by atoms with Gasteiger partial charge in [-0.25, -0.2) is 9.78 Å². The molecule has 0 spiro atoms. The van der Waals surface area contributed by atoms with Crippen molar-refractivity contribution in [2.24, 2.45) is 5.92 Å². The highest BCUT2D eigenvalue weighted by Crippen LogP contribution is 2.13. The summed E-state index contributed by atoms with van der Waals surface area (Å²) in [4.78, 5) is 40.0. The SMILES string of the molecule is CC(C)C[C@@H](NC(=O)Cn1cnc2sccc2c1=O)C(=O)O. The molecule has 0 saturated heterocycles. The molecule has 22 heavy (non-hydrogen) atoms. The van der Waals surface area contributed by atoms with E-state index in [4.69, 9.17) is 5.11 Å². The highest BCUT2D eigenvalue weighted by atomic mass is 32.1. The molecule has 7 nitrogen and oxygen atoms in total. The number of fused-ring (bicyclic) bond motifs is 1. The van der Waals surface area contributed by atoms with Crippen molar-refractivity contribution >= 4 is 33.4 Å². The van der Waals surface area contributed by atoms with E-state index in [9.17, 15) is 14.4 Å². The lowest BCUT2D eigenvalue weighted by Crippen LogP contribution is -2.44. The van der Waals surface area contributed by atoms with Crippen LogP contribution in [0.25, 0.3) is 10.2 Å². The summed E-state index contributed by atoms with van der Waals surface area (Å²) in [7, 11) is 0. The molecule has 2 aromatic heterocycles. The van der Waals surface area contributed by atoms with Gasteiger partial charge in [-0.1, -0.05) is 13.8 Å². The standard InChI is InChI=1S/C14H17N3O4S/c1-8(2)5-10(14(20)21)16-11(18)6-17-7-15-12-9(13(17)19)3-4-22-12/h3-4,7-8,10H,5-6H2,1-2H3,(H,16,18)(H,20,21)/t10-/m1/s1. The minimum absolute atomic E-state index is 0.132. The number of nitrogens with one attached hydrogen (secondary N) is 1. The second kappa shape index (κ2) is 6.69. The van der Waals surface area contributed by atoms with E-state index in [1.807, 2.05) is 13.8 Å². The summed E-state index contributed by atoms with van der Waals surface area (Å²) in [6.07, 6.45) is 1.64. The third-order valence-electron chi connectivity index (χ3n) is 3.10. The van der Waals surface area contributed by atoms with Crippen LogP contribution in [0.1, 0.15) is 20.3 Å². The summed E-state index contributed by atoms with van der Waals surface area (Å²) in [5.41, 5.74) is -0.308. The van der Waals surface area contributed by atoms with Gasteiger partial charge in [-0.15, -0.1) is 11.3 Å². The minimum Gasteiger partial charge on any atom is -0.480 e. The van der Waals surface area contributed by atoms with E-state index >= 15 is 0 Å². The Labute approximate surface area is 130 Å². The number of hydrogen-bond acceptors (Lipinski definition) is 5. The third-order valence-corrected chi connectivity index (χ3v) is 3.93. The van der Waals surface area contributed by atoms with Gasteiger partial charge < -0.3 is 10.4 Å². The van der Waals surface area contributed by atoms with Gasteiger partial charge in [0.15, 0.2) is 0 Å². The van der Waals surface area contributed by atoms with E-state index in [0.717, 1.165) is 0 Å². The number of amides is 1. The van der Waals surface area contributed by atoms with E-state index < -0.39 is 17.9 Å². The fraction of sp³-hybridized carbons (Fsp3) is 0.429. The van der Waals surface area contributed by atoms with Crippen LogP contribution < -0.4 is 10.9 Å². The number of carbonyl (C=O) groups is 2. The van der Waals surface area contributed by atoms with Crippen molar-refractivity contribution in [1.29, 1.82) is 0 Å². The molecular formula is C14H17N3O4S. The molecule has 0 bridgehead atoms. The van der Waals surface area contributed by atoms with E-state index in [2.05, 4.69) is 10.3 Å². The molecule has 2 aromatic rings. The quantitative estimate of drug-likeness (QED) is 0.828. The molecular weight excluding hydrogens is 306 g/mol. The molecule has 118 valence electrons. The van der Waals surface area contributed by atoms with Crippen LogP contribution in [-0.4, -0.2) is 32.6 Å². The van der Waals surface area contributed by atoms with Gasteiger partial charge in [-0.3, -0.25) is 14.2 Å². The maximum absolute atomic E-state index is 12.2. The maximum Gasteiger partial charge on any atom is 0.326 e. The molecule has 0 unspecified atom stereocenters. The average molecular weight is 323 g/mol. The van der Waals surface area contributed by atoms with Crippen LogP contribution in [0.3, 0.4) is 0 Å². The van der Waals surface area contributed by atoms with E-state index in [1.165, 1.54) is 22.2 Å². The molecule has 0 aromatic carbocycles. The Morgan fingerprint density at radius 3 is 2.82 bits per heavy atom. The van der Waals surface area contributed by atoms with Gasteiger partial charge in [0, 0.05) is 0 Å². The van der Waals surface area contributed by atoms with Crippen LogP contribution in [0.5, 0.6) is 0 Å². The molecule has 0 fully saturated rings. The van der Waals surface area contributed by atoms with E-state index in [1.54, 1.807) is 11.4 Å². The minimum atomic E-state index is -1.08.